The predicted molar refractivity (Wildman–Crippen MR) is 78.5 cm³/mol. The zero-order valence-electron chi connectivity index (χ0n) is 10.7. The first-order valence-electron chi connectivity index (χ1n) is 6.08. The van der Waals surface area contributed by atoms with Crippen molar-refractivity contribution in [3.8, 4) is 16.9 Å². The van der Waals surface area contributed by atoms with Gasteiger partial charge in [-0.1, -0.05) is 47.1 Å². The minimum absolute atomic E-state index is 0.0342. The number of nitro benzene ring substituents is 1. The second-order valence-electron chi connectivity index (χ2n) is 4.27. The Balaban J connectivity index is 2.08. The molecule has 0 amide bonds. The van der Waals surface area contributed by atoms with E-state index in [1.807, 2.05) is 18.2 Å². The number of aromatic nitrogens is 3. The van der Waals surface area contributed by atoms with Crippen molar-refractivity contribution in [2.24, 2.45) is 0 Å². The van der Waals surface area contributed by atoms with Crippen LogP contribution in [0, 0.1) is 10.1 Å². The van der Waals surface area contributed by atoms with Gasteiger partial charge in [0.05, 0.1) is 16.1 Å². The number of hydrogen-bond acceptors (Lipinski definition) is 4. The molecule has 0 aliphatic rings. The SMILES string of the molecule is O=[N+]([O-])c1ccccc1-n1cc(-c2ccccc2Cl)nn1. The van der Waals surface area contributed by atoms with Crippen LogP contribution >= 0.6 is 11.6 Å². The van der Waals surface area contributed by atoms with Crippen molar-refractivity contribution in [2.45, 2.75) is 0 Å². The maximum absolute atomic E-state index is 11.0. The molecule has 7 heteroatoms. The molecule has 0 atom stereocenters. The van der Waals surface area contributed by atoms with Gasteiger partial charge in [-0.15, -0.1) is 5.10 Å². The molecule has 0 saturated heterocycles. The first kappa shape index (κ1) is 13.3. The van der Waals surface area contributed by atoms with Gasteiger partial charge in [-0.05, 0) is 12.1 Å². The summed E-state index contributed by atoms with van der Waals surface area (Å²) < 4.78 is 1.37. The molecule has 0 N–H and O–H groups in total. The lowest BCUT2D eigenvalue weighted by atomic mass is 10.2. The van der Waals surface area contributed by atoms with Gasteiger partial charge in [0.25, 0.3) is 5.69 Å². The van der Waals surface area contributed by atoms with Crippen molar-refractivity contribution in [1.29, 1.82) is 0 Å². The van der Waals surface area contributed by atoms with Gasteiger partial charge in [-0.25, -0.2) is 4.68 Å². The molecule has 0 spiro atoms. The Hall–Kier alpha value is -2.73. The highest BCUT2D eigenvalue weighted by molar-refractivity contribution is 6.33. The first-order chi connectivity index (χ1) is 10.2. The standard InChI is InChI=1S/C14H9ClN4O2/c15-11-6-2-1-5-10(11)12-9-18(17-16-12)13-7-3-4-8-14(13)19(20)21/h1-9H. The fourth-order valence-electron chi connectivity index (χ4n) is 1.99. The average Bonchev–Trinajstić information content (AvgIpc) is 2.97. The fraction of sp³-hybridized carbons (Fsp3) is 0. The van der Waals surface area contributed by atoms with E-state index in [1.165, 1.54) is 10.7 Å². The van der Waals surface area contributed by atoms with E-state index in [2.05, 4.69) is 10.3 Å². The second kappa shape index (κ2) is 5.34. The maximum atomic E-state index is 11.0. The van der Waals surface area contributed by atoms with Crippen molar-refractivity contribution in [3.63, 3.8) is 0 Å². The Morgan fingerprint density at radius 3 is 2.57 bits per heavy atom. The molecule has 0 unspecified atom stereocenters. The monoisotopic (exact) mass is 300 g/mol. The highest BCUT2D eigenvalue weighted by Crippen LogP contribution is 2.27. The van der Waals surface area contributed by atoms with E-state index in [4.69, 9.17) is 11.6 Å². The van der Waals surface area contributed by atoms with Gasteiger partial charge in [0.1, 0.15) is 11.4 Å². The Kier molecular flexibility index (Phi) is 3.37. The lowest BCUT2D eigenvalue weighted by molar-refractivity contribution is -0.384. The quantitative estimate of drug-likeness (QED) is 0.548. The van der Waals surface area contributed by atoms with E-state index in [1.54, 1.807) is 30.5 Å². The second-order valence-corrected chi connectivity index (χ2v) is 4.68. The van der Waals surface area contributed by atoms with Crippen LogP contribution in [-0.2, 0) is 0 Å². The smallest absolute Gasteiger partial charge is 0.258 e. The molecule has 0 fully saturated rings. The molecular formula is C14H9ClN4O2. The van der Waals surface area contributed by atoms with Gasteiger partial charge < -0.3 is 0 Å². The number of nitrogens with zero attached hydrogens (tertiary/aromatic N) is 4. The summed E-state index contributed by atoms with van der Waals surface area (Å²) in [5.41, 5.74) is 1.60. The summed E-state index contributed by atoms with van der Waals surface area (Å²) in [5.74, 6) is 0. The molecule has 104 valence electrons. The lowest BCUT2D eigenvalue weighted by Gasteiger charge is -2.01. The van der Waals surface area contributed by atoms with E-state index in [9.17, 15) is 10.1 Å². The summed E-state index contributed by atoms with van der Waals surface area (Å²) in [5, 5.41) is 19.6. The van der Waals surface area contributed by atoms with E-state index in [0.717, 1.165) is 5.56 Å². The number of rotatable bonds is 3. The summed E-state index contributed by atoms with van der Waals surface area (Å²) in [6.45, 7) is 0. The van der Waals surface area contributed by atoms with Crippen molar-refractivity contribution in [3.05, 3.63) is 69.9 Å². The number of halogens is 1. The lowest BCUT2D eigenvalue weighted by Crippen LogP contribution is -2.00. The third-order valence-electron chi connectivity index (χ3n) is 2.97. The van der Waals surface area contributed by atoms with Gasteiger partial charge >= 0.3 is 0 Å². The van der Waals surface area contributed by atoms with Crippen LogP contribution in [0.1, 0.15) is 0 Å². The summed E-state index contributed by atoms with van der Waals surface area (Å²) in [6.07, 6.45) is 1.61. The highest BCUT2D eigenvalue weighted by Gasteiger charge is 2.16. The van der Waals surface area contributed by atoms with Crippen molar-refractivity contribution in [2.75, 3.05) is 0 Å². The molecule has 0 aliphatic heterocycles. The molecule has 3 rings (SSSR count). The molecule has 0 bridgehead atoms. The summed E-state index contributed by atoms with van der Waals surface area (Å²) in [4.78, 5) is 10.6. The Labute approximate surface area is 124 Å². The molecule has 21 heavy (non-hydrogen) atoms. The minimum Gasteiger partial charge on any atom is -0.258 e. The normalized spacial score (nSPS) is 10.5. The number of nitro groups is 1. The van der Waals surface area contributed by atoms with Crippen LogP contribution in [0.2, 0.25) is 5.02 Å². The fourth-order valence-corrected chi connectivity index (χ4v) is 2.22. The number of para-hydroxylation sites is 2. The van der Waals surface area contributed by atoms with Crippen LogP contribution < -0.4 is 0 Å². The van der Waals surface area contributed by atoms with Crippen LogP contribution in [0.15, 0.2) is 54.7 Å². The molecule has 1 heterocycles. The Morgan fingerprint density at radius 2 is 1.81 bits per heavy atom. The third kappa shape index (κ3) is 2.48. The van der Waals surface area contributed by atoms with Crippen molar-refractivity contribution < 1.29 is 4.92 Å². The predicted octanol–water partition coefficient (Wildman–Crippen LogP) is 3.50. The zero-order valence-corrected chi connectivity index (χ0v) is 11.4. The van der Waals surface area contributed by atoms with Crippen molar-refractivity contribution >= 4 is 17.3 Å². The molecule has 0 aliphatic carbocycles. The van der Waals surface area contributed by atoms with Gasteiger partial charge in [0.2, 0.25) is 0 Å². The molecule has 0 radical (unpaired) electrons. The average molecular weight is 301 g/mol. The largest absolute Gasteiger partial charge is 0.294 e. The van der Waals surface area contributed by atoms with E-state index in [0.29, 0.717) is 16.4 Å². The molecular weight excluding hydrogens is 292 g/mol. The van der Waals surface area contributed by atoms with Gasteiger partial charge in [0.15, 0.2) is 0 Å². The zero-order chi connectivity index (χ0) is 14.8. The summed E-state index contributed by atoms with van der Waals surface area (Å²) >= 11 is 6.11. The minimum atomic E-state index is -0.452. The maximum Gasteiger partial charge on any atom is 0.294 e. The molecule has 2 aromatic carbocycles. The van der Waals surface area contributed by atoms with E-state index < -0.39 is 4.92 Å². The topological polar surface area (TPSA) is 73.8 Å². The van der Waals surface area contributed by atoms with Crippen LogP contribution in [0.3, 0.4) is 0 Å². The van der Waals surface area contributed by atoms with Crippen LogP contribution in [0.5, 0.6) is 0 Å². The van der Waals surface area contributed by atoms with Crippen LogP contribution in [-0.4, -0.2) is 19.9 Å². The summed E-state index contributed by atoms with van der Waals surface area (Å²) in [6, 6.07) is 13.6. The Bertz CT molecular complexity index is 816. The first-order valence-corrected chi connectivity index (χ1v) is 6.45. The molecule has 6 nitrogen and oxygen atoms in total. The van der Waals surface area contributed by atoms with Crippen LogP contribution in [0.4, 0.5) is 5.69 Å². The molecule has 3 aromatic rings. The molecule has 0 saturated carbocycles. The van der Waals surface area contributed by atoms with Crippen LogP contribution in [0.25, 0.3) is 16.9 Å². The van der Waals surface area contributed by atoms with Crippen molar-refractivity contribution in [1.82, 2.24) is 15.0 Å². The molecule has 1 aromatic heterocycles. The number of benzene rings is 2. The Morgan fingerprint density at radius 1 is 1.10 bits per heavy atom. The number of hydrogen-bond donors (Lipinski definition) is 0. The highest BCUT2D eigenvalue weighted by atomic mass is 35.5. The van der Waals surface area contributed by atoms with E-state index in [-0.39, 0.29) is 5.69 Å². The van der Waals surface area contributed by atoms with Gasteiger partial charge in [-0.2, -0.15) is 0 Å². The third-order valence-corrected chi connectivity index (χ3v) is 3.30. The van der Waals surface area contributed by atoms with E-state index >= 15 is 0 Å². The summed E-state index contributed by atoms with van der Waals surface area (Å²) in [7, 11) is 0. The van der Waals surface area contributed by atoms with Gasteiger partial charge in [0, 0.05) is 11.6 Å². The van der Waals surface area contributed by atoms with Gasteiger partial charge in [-0.3, -0.25) is 10.1 Å².